The van der Waals surface area contributed by atoms with E-state index in [4.69, 9.17) is 5.73 Å². The average molecular weight is 272 g/mol. The fourth-order valence-electron chi connectivity index (χ4n) is 2.50. The molecule has 0 aromatic carbocycles. The third kappa shape index (κ3) is 2.30. The van der Waals surface area contributed by atoms with Gasteiger partial charge in [0.15, 0.2) is 5.03 Å². The van der Waals surface area contributed by atoms with Crippen molar-refractivity contribution in [2.24, 2.45) is 18.7 Å². The molecule has 102 valence electrons. The van der Waals surface area contributed by atoms with E-state index in [0.717, 1.165) is 12.8 Å². The Morgan fingerprint density at radius 2 is 2.28 bits per heavy atom. The fraction of sp³-hybridized carbons (Fsp3) is 0.727. The Morgan fingerprint density at radius 3 is 2.83 bits per heavy atom. The molecular weight excluding hydrogens is 252 g/mol. The number of hydrogen-bond acceptors (Lipinski definition) is 4. The molecule has 6 nitrogen and oxygen atoms in total. The highest BCUT2D eigenvalue weighted by molar-refractivity contribution is 7.89. The minimum Gasteiger partial charge on any atom is -0.329 e. The monoisotopic (exact) mass is 272 g/mol. The maximum atomic E-state index is 12.6. The Morgan fingerprint density at radius 1 is 1.56 bits per heavy atom. The van der Waals surface area contributed by atoms with Crippen molar-refractivity contribution >= 4 is 10.0 Å². The molecule has 0 aliphatic carbocycles. The van der Waals surface area contributed by atoms with Crippen molar-refractivity contribution in [1.82, 2.24) is 14.1 Å². The van der Waals surface area contributed by atoms with Crippen LogP contribution in [-0.4, -0.2) is 41.6 Å². The first-order chi connectivity index (χ1) is 8.46. The van der Waals surface area contributed by atoms with Gasteiger partial charge in [0.2, 0.25) is 0 Å². The summed E-state index contributed by atoms with van der Waals surface area (Å²) in [6.45, 7) is 3.04. The number of sulfonamides is 1. The summed E-state index contributed by atoms with van der Waals surface area (Å²) in [5.74, 6) is 0.525. The van der Waals surface area contributed by atoms with Crippen molar-refractivity contribution in [3.63, 3.8) is 0 Å². The van der Waals surface area contributed by atoms with Crippen molar-refractivity contribution < 1.29 is 8.42 Å². The Balaban J connectivity index is 2.32. The van der Waals surface area contributed by atoms with Gasteiger partial charge >= 0.3 is 0 Å². The van der Waals surface area contributed by atoms with E-state index in [1.807, 2.05) is 0 Å². The van der Waals surface area contributed by atoms with Crippen LogP contribution < -0.4 is 5.73 Å². The number of piperidine rings is 1. The van der Waals surface area contributed by atoms with E-state index in [9.17, 15) is 8.42 Å². The number of rotatable bonds is 3. The molecule has 1 saturated heterocycles. The molecule has 0 bridgehead atoms. The first-order valence-corrected chi connectivity index (χ1v) is 7.60. The summed E-state index contributed by atoms with van der Waals surface area (Å²) in [7, 11) is -1.84. The molecule has 7 heteroatoms. The summed E-state index contributed by atoms with van der Waals surface area (Å²) >= 11 is 0. The molecule has 0 saturated carbocycles. The Kier molecular flexibility index (Phi) is 3.74. The summed E-state index contributed by atoms with van der Waals surface area (Å²) in [5.41, 5.74) is 5.72. The summed E-state index contributed by atoms with van der Waals surface area (Å²) in [6, 6.07) is 1.43. The number of aromatic nitrogens is 2. The van der Waals surface area contributed by atoms with Crippen molar-refractivity contribution in [3.05, 3.63) is 12.3 Å². The SMILES string of the molecule is CC1CCN(S(=O)(=O)c2ccnn2C)C(CN)C1. The minimum absolute atomic E-state index is 0.103. The highest BCUT2D eigenvalue weighted by Crippen LogP contribution is 2.27. The van der Waals surface area contributed by atoms with Crippen LogP contribution in [0.1, 0.15) is 19.8 Å². The molecular formula is C11H20N4O2S. The average Bonchev–Trinajstić information content (AvgIpc) is 2.75. The molecule has 1 fully saturated rings. The van der Waals surface area contributed by atoms with Gasteiger partial charge in [-0.25, -0.2) is 8.42 Å². The fourth-order valence-corrected chi connectivity index (χ4v) is 4.26. The molecule has 2 atom stereocenters. The third-order valence-corrected chi connectivity index (χ3v) is 5.57. The molecule has 1 aliphatic rings. The normalized spacial score (nSPS) is 26.4. The standard InChI is InChI=1S/C11H20N4O2S/c1-9-4-6-15(10(7-9)8-12)18(16,17)11-3-5-13-14(11)2/h3,5,9-10H,4,6-8,12H2,1-2H3. The van der Waals surface area contributed by atoms with Crippen LogP contribution >= 0.6 is 0 Å². The van der Waals surface area contributed by atoms with Crippen LogP contribution in [0.4, 0.5) is 0 Å². The molecule has 1 aromatic rings. The van der Waals surface area contributed by atoms with Gasteiger partial charge in [0.25, 0.3) is 10.0 Å². The molecule has 0 amide bonds. The van der Waals surface area contributed by atoms with Gasteiger partial charge in [-0.1, -0.05) is 6.92 Å². The number of hydrogen-bond donors (Lipinski definition) is 1. The van der Waals surface area contributed by atoms with Crippen LogP contribution in [0.3, 0.4) is 0 Å². The molecule has 0 spiro atoms. The Bertz CT molecular complexity index is 511. The maximum absolute atomic E-state index is 12.6. The van der Waals surface area contributed by atoms with E-state index in [0.29, 0.717) is 19.0 Å². The second-order valence-electron chi connectivity index (χ2n) is 4.93. The van der Waals surface area contributed by atoms with Gasteiger partial charge in [0.05, 0.1) is 6.20 Å². The largest absolute Gasteiger partial charge is 0.329 e. The highest BCUT2D eigenvalue weighted by atomic mass is 32.2. The summed E-state index contributed by atoms with van der Waals surface area (Å²) < 4.78 is 28.0. The first-order valence-electron chi connectivity index (χ1n) is 6.16. The quantitative estimate of drug-likeness (QED) is 0.850. The van der Waals surface area contributed by atoms with E-state index in [1.54, 1.807) is 7.05 Å². The molecule has 0 radical (unpaired) electrons. The van der Waals surface area contributed by atoms with E-state index >= 15 is 0 Å². The zero-order valence-corrected chi connectivity index (χ0v) is 11.6. The lowest BCUT2D eigenvalue weighted by atomic mass is 9.94. The zero-order valence-electron chi connectivity index (χ0n) is 10.8. The van der Waals surface area contributed by atoms with Crippen molar-refractivity contribution in [2.45, 2.75) is 30.8 Å². The topological polar surface area (TPSA) is 81.2 Å². The third-order valence-electron chi connectivity index (χ3n) is 3.55. The van der Waals surface area contributed by atoms with Crippen molar-refractivity contribution in [2.75, 3.05) is 13.1 Å². The number of nitrogens with two attached hydrogens (primary N) is 1. The van der Waals surface area contributed by atoms with Gasteiger partial charge < -0.3 is 5.73 Å². The second kappa shape index (κ2) is 4.99. The molecule has 2 heterocycles. The van der Waals surface area contributed by atoms with Gasteiger partial charge in [-0.05, 0) is 24.8 Å². The lowest BCUT2D eigenvalue weighted by molar-refractivity contribution is 0.210. The van der Waals surface area contributed by atoms with Crippen LogP contribution in [-0.2, 0) is 17.1 Å². The molecule has 18 heavy (non-hydrogen) atoms. The summed E-state index contributed by atoms with van der Waals surface area (Å²) in [5, 5.41) is 4.16. The predicted molar refractivity (Wildman–Crippen MR) is 68.3 cm³/mol. The van der Waals surface area contributed by atoms with Gasteiger partial charge in [0.1, 0.15) is 0 Å². The molecule has 2 N–H and O–H groups in total. The van der Waals surface area contributed by atoms with Crippen LogP contribution in [0.2, 0.25) is 0 Å². The number of aryl methyl sites for hydroxylation is 1. The second-order valence-corrected chi connectivity index (χ2v) is 6.77. The lowest BCUT2D eigenvalue weighted by Crippen LogP contribution is -2.49. The van der Waals surface area contributed by atoms with Gasteiger partial charge in [-0.3, -0.25) is 4.68 Å². The van der Waals surface area contributed by atoms with Gasteiger partial charge in [-0.2, -0.15) is 9.40 Å². The van der Waals surface area contributed by atoms with Crippen LogP contribution in [0.25, 0.3) is 0 Å². The van der Waals surface area contributed by atoms with Crippen LogP contribution in [0.15, 0.2) is 17.3 Å². The molecule has 2 unspecified atom stereocenters. The van der Waals surface area contributed by atoms with Crippen LogP contribution in [0, 0.1) is 5.92 Å². The van der Waals surface area contributed by atoms with Crippen molar-refractivity contribution in [3.8, 4) is 0 Å². The Hall–Kier alpha value is -0.920. The summed E-state index contributed by atoms with van der Waals surface area (Å²) in [4.78, 5) is 0. The van der Waals surface area contributed by atoms with E-state index in [-0.39, 0.29) is 11.1 Å². The molecule has 2 rings (SSSR count). The first kappa shape index (κ1) is 13.5. The van der Waals surface area contributed by atoms with Crippen molar-refractivity contribution in [1.29, 1.82) is 0 Å². The maximum Gasteiger partial charge on any atom is 0.260 e. The van der Waals surface area contributed by atoms with Gasteiger partial charge in [0, 0.05) is 26.2 Å². The smallest absolute Gasteiger partial charge is 0.260 e. The molecule has 1 aromatic heterocycles. The minimum atomic E-state index is -3.48. The van der Waals surface area contributed by atoms with E-state index in [1.165, 1.54) is 21.3 Å². The highest BCUT2D eigenvalue weighted by Gasteiger charge is 2.36. The molecule has 1 aliphatic heterocycles. The van der Waals surface area contributed by atoms with E-state index < -0.39 is 10.0 Å². The summed E-state index contributed by atoms with van der Waals surface area (Å²) in [6.07, 6.45) is 3.21. The lowest BCUT2D eigenvalue weighted by Gasteiger charge is -2.36. The predicted octanol–water partition coefficient (Wildman–Crippen LogP) is 0.168. The zero-order chi connectivity index (χ0) is 13.3. The number of nitrogens with zero attached hydrogens (tertiary/aromatic N) is 3. The van der Waals surface area contributed by atoms with Gasteiger partial charge in [-0.15, -0.1) is 0 Å². The Labute approximate surface area is 108 Å². The van der Waals surface area contributed by atoms with Crippen LogP contribution in [0.5, 0.6) is 0 Å². The van der Waals surface area contributed by atoms with E-state index in [2.05, 4.69) is 12.0 Å².